The molecule has 1 saturated carbocycles. The number of esters is 1. The summed E-state index contributed by atoms with van der Waals surface area (Å²) in [7, 11) is 0. The number of hydrogen-bond acceptors (Lipinski definition) is 4. The SMILES string of the molecule is C=CCOc1ccc(/C=C/C(=O)OCC(=O)N[C@@H]2CCCC[C@@H]2C)cc1. The minimum absolute atomic E-state index is 0.187. The lowest BCUT2D eigenvalue weighted by Crippen LogP contribution is -2.42. The van der Waals surface area contributed by atoms with Crippen LogP contribution in [0.1, 0.15) is 38.2 Å². The van der Waals surface area contributed by atoms with E-state index < -0.39 is 5.97 Å². The van der Waals surface area contributed by atoms with Gasteiger partial charge in [-0.3, -0.25) is 4.79 Å². The van der Waals surface area contributed by atoms with Crippen LogP contribution in [0, 0.1) is 5.92 Å². The number of hydrogen-bond donors (Lipinski definition) is 1. The van der Waals surface area contributed by atoms with Crippen LogP contribution in [-0.4, -0.2) is 31.1 Å². The molecule has 0 aliphatic heterocycles. The Balaban J connectivity index is 1.72. The third-order valence-electron chi connectivity index (χ3n) is 4.46. The molecule has 1 aliphatic carbocycles. The molecule has 0 unspecified atom stereocenters. The Morgan fingerprint density at radius 2 is 1.96 bits per heavy atom. The summed E-state index contributed by atoms with van der Waals surface area (Å²) in [4.78, 5) is 23.7. The van der Waals surface area contributed by atoms with Gasteiger partial charge in [0.15, 0.2) is 6.61 Å². The van der Waals surface area contributed by atoms with Crippen molar-refractivity contribution in [3.05, 3.63) is 48.6 Å². The summed E-state index contributed by atoms with van der Waals surface area (Å²) in [5.74, 6) is 0.429. The lowest BCUT2D eigenvalue weighted by atomic mass is 9.86. The highest BCUT2D eigenvalue weighted by Gasteiger charge is 2.22. The molecule has 1 aromatic rings. The molecule has 1 aromatic carbocycles. The molecule has 5 nitrogen and oxygen atoms in total. The zero-order chi connectivity index (χ0) is 18.8. The van der Waals surface area contributed by atoms with Gasteiger partial charge in [-0.25, -0.2) is 4.79 Å². The maximum absolute atomic E-state index is 11.9. The molecule has 2 atom stereocenters. The van der Waals surface area contributed by atoms with Gasteiger partial charge in [0.05, 0.1) is 0 Å². The van der Waals surface area contributed by atoms with E-state index in [1.165, 1.54) is 12.5 Å². The fourth-order valence-electron chi connectivity index (χ4n) is 2.96. The highest BCUT2D eigenvalue weighted by atomic mass is 16.5. The van der Waals surface area contributed by atoms with Crippen molar-refractivity contribution in [2.24, 2.45) is 5.92 Å². The quantitative estimate of drug-likeness (QED) is 0.439. The van der Waals surface area contributed by atoms with Crippen molar-refractivity contribution in [3.63, 3.8) is 0 Å². The monoisotopic (exact) mass is 357 g/mol. The molecule has 0 spiro atoms. The van der Waals surface area contributed by atoms with Crippen LogP contribution in [0.25, 0.3) is 6.08 Å². The van der Waals surface area contributed by atoms with Gasteiger partial charge in [-0.05, 0) is 42.5 Å². The van der Waals surface area contributed by atoms with E-state index in [2.05, 4.69) is 18.8 Å². The normalized spacial score (nSPS) is 19.7. The predicted molar refractivity (Wildman–Crippen MR) is 102 cm³/mol. The molecule has 1 aliphatic rings. The average Bonchev–Trinajstić information content (AvgIpc) is 2.65. The number of carbonyl (C=O) groups excluding carboxylic acids is 2. The maximum atomic E-state index is 11.9. The number of nitrogens with one attached hydrogen (secondary N) is 1. The van der Waals surface area contributed by atoms with Gasteiger partial charge in [-0.2, -0.15) is 0 Å². The van der Waals surface area contributed by atoms with E-state index in [-0.39, 0.29) is 18.6 Å². The fourth-order valence-corrected chi connectivity index (χ4v) is 2.96. The summed E-state index contributed by atoms with van der Waals surface area (Å²) in [6.07, 6.45) is 9.10. The molecule has 1 N–H and O–H groups in total. The minimum atomic E-state index is -0.538. The summed E-state index contributed by atoms with van der Waals surface area (Å²) in [6, 6.07) is 7.48. The third kappa shape index (κ3) is 6.75. The molecule has 5 heteroatoms. The third-order valence-corrected chi connectivity index (χ3v) is 4.46. The Morgan fingerprint density at radius 3 is 2.65 bits per heavy atom. The summed E-state index contributed by atoms with van der Waals surface area (Å²) < 4.78 is 10.4. The molecule has 1 fully saturated rings. The van der Waals surface area contributed by atoms with E-state index in [0.717, 1.165) is 30.6 Å². The molecular weight excluding hydrogens is 330 g/mol. The van der Waals surface area contributed by atoms with Crippen LogP contribution in [0.2, 0.25) is 0 Å². The van der Waals surface area contributed by atoms with Crippen molar-refractivity contribution in [2.75, 3.05) is 13.2 Å². The number of amides is 1. The fraction of sp³-hybridized carbons (Fsp3) is 0.429. The summed E-state index contributed by atoms with van der Waals surface area (Å²) in [5.41, 5.74) is 0.841. The van der Waals surface area contributed by atoms with Gasteiger partial charge in [-0.15, -0.1) is 0 Å². The largest absolute Gasteiger partial charge is 0.490 e. The Morgan fingerprint density at radius 1 is 1.23 bits per heavy atom. The van der Waals surface area contributed by atoms with E-state index >= 15 is 0 Å². The smallest absolute Gasteiger partial charge is 0.331 e. The van der Waals surface area contributed by atoms with Crippen LogP contribution < -0.4 is 10.1 Å². The van der Waals surface area contributed by atoms with Gasteiger partial charge in [0.2, 0.25) is 0 Å². The molecule has 140 valence electrons. The Labute approximate surface area is 155 Å². The first-order chi connectivity index (χ1) is 12.6. The molecule has 2 rings (SSSR count). The van der Waals surface area contributed by atoms with E-state index in [4.69, 9.17) is 9.47 Å². The van der Waals surface area contributed by atoms with Crippen molar-refractivity contribution in [1.82, 2.24) is 5.32 Å². The first-order valence-electron chi connectivity index (χ1n) is 9.06. The lowest BCUT2D eigenvalue weighted by molar-refractivity contribution is -0.144. The summed E-state index contributed by atoms with van der Waals surface area (Å²) in [5, 5.41) is 2.96. The van der Waals surface area contributed by atoms with Gasteiger partial charge in [0.25, 0.3) is 5.91 Å². The Bertz CT molecular complexity index is 636. The second-order valence-electron chi connectivity index (χ2n) is 6.55. The van der Waals surface area contributed by atoms with Crippen molar-refractivity contribution in [1.29, 1.82) is 0 Å². The lowest BCUT2D eigenvalue weighted by Gasteiger charge is -2.29. The predicted octanol–water partition coefficient (Wildman–Crippen LogP) is 3.50. The van der Waals surface area contributed by atoms with Gasteiger partial charge in [0.1, 0.15) is 12.4 Å². The minimum Gasteiger partial charge on any atom is -0.490 e. The molecule has 0 bridgehead atoms. The van der Waals surface area contributed by atoms with Gasteiger partial charge >= 0.3 is 5.97 Å². The van der Waals surface area contributed by atoms with E-state index in [1.54, 1.807) is 12.2 Å². The number of ether oxygens (including phenoxy) is 2. The zero-order valence-corrected chi connectivity index (χ0v) is 15.3. The number of rotatable bonds is 8. The second kappa shape index (κ2) is 10.4. The average molecular weight is 357 g/mol. The highest BCUT2D eigenvalue weighted by molar-refractivity contribution is 5.89. The zero-order valence-electron chi connectivity index (χ0n) is 15.3. The molecule has 0 heterocycles. The van der Waals surface area contributed by atoms with Gasteiger partial charge in [-0.1, -0.05) is 44.6 Å². The van der Waals surface area contributed by atoms with Crippen LogP contribution in [-0.2, 0) is 14.3 Å². The van der Waals surface area contributed by atoms with Crippen molar-refractivity contribution in [3.8, 4) is 5.75 Å². The highest BCUT2D eigenvalue weighted by Crippen LogP contribution is 2.23. The van der Waals surface area contributed by atoms with Crippen LogP contribution >= 0.6 is 0 Å². The molecule has 0 saturated heterocycles. The standard InChI is InChI=1S/C21H27NO4/c1-3-14-25-18-11-8-17(9-12-18)10-13-21(24)26-15-20(23)22-19-7-5-4-6-16(19)2/h3,8-13,16,19H,1,4-7,14-15H2,2H3,(H,22,23)/b13-10+/t16-,19+/m0/s1. The molecule has 1 amide bonds. The van der Waals surface area contributed by atoms with Crippen LogP contribution in [0.15, 0.2) is 43.0 Å². The van der Waals surface area contributed by atoms with Gasteiger partial charge < -0.3 is 14.8 Å². The van der Waals surface area contributed by atoms with Crippen LogP contribution in [0.5, 0.6) is 5.75 Å². The summed E-state index contributed by atoms with van der Waals surface area (Å²) in [6.45, 7) is 5.94. The number of carbonyl (C=O) groups is 2. The first kappa shape index (κ1) is 19.8. The molecule has 26 heavy (non-hydrogen) atoms. The van der Waals surface area contributed by atoms with Crippen molar-refractivity contribution >= 4 is 18.0 Å². The maximum Gasteiger partial charge on any atom is 0.331 e. The Kier molecular flexibility index (Phi) is 7.93. The summed E-state index contributed by atoms with van der Waals surface area (Å²) >= 11 is 0. The van der Waals surface area contributed by atoms with Crippen LogP contribution in [0.4, 0.5) is 0 Å². The van der Waals surface area contributed by atoms with E-state index in [9.17, 15) is 9.59 Å². The molecule has 0 aromatic heterocycles. The first-order valence-corrected chi connectivity index (χ1v) is 9.06. The molecule has 0 radical (unpaired) electrons. The van der Waals surface area contributed by atoms with E-state index in [1.807, 2.05) is 24.3 Å². The topological polar surface area (TPSA) is 64.6 Å². The second-order valence-corrected chi connectivity index (χ2v) is 6.55. The Hall–Kier alpha value is -2.56. The van der Waals surface area contributed by atoms with Crippen molar-refractivity contribution < 1.29 is 19.1 Å². The molecular formula is C21H27NO4. The van der Waals surface area contributed by atoms with Crippen LogP contribution in [0.3, 0.4) is 0 Å². The van der Waals surface area contributed by atoms with E-state index in [0.29, 0.717) is 12.5 Å². The number of benzene rings is 1. The van der Waals surface area contributed by atoms with Crippen molar-refractivity contribution in [2.45, 2.75) is 38.6 Å². The van der Waals surface area contributed by atoms with Gasteiger partial charge in [0, 0.05) is 12.1 Å².